The highest BCUT2D eigenvalue weighted by Crippen LogP contribution is 2.26. The number of carbonyl (C=O) groups excluding carboxylic acids is 1. The van der Waals surface area contributed by atoms with E-state index in [-0.39, 0.29) is 16.8 Å². The van der Waals surface area contributed by atoms with E-state index in [1.54, 1.807) is 12.1 Å². The van der Waals surface area contributed by atoms with Crippen LogP contribution in [-0.4, -0.2) is 16.1 Å². The van der Waals surface area contributed by atoms with E-state index < -0.39 is 0 Å². The van der Waals surface area contributed by atoms with Crippen molar-refractivity contribution >= 4 is 28.9 Å². The molecule has 3 N–H and O–H groups in total. The number of carbonyl (C=O) groups is 1. The van der Waals surface area contributed by atoms with Gasteiger partial charge in [-0.15, -0.1) is 0 Å². The number of amides is 1. The molecule has 0 spiro atoms. The molecular weight excluding hydrogens is 284 g/mol. The largest absolute Gasteiger partial charge is 0.508 e. The fourth-order valence-electron chi connectivity index (χ4n) is 1.90. The van der Waals surface area contributed by atoms with E-state index in [9.17, 15) is 9.90 Å². The second-order valence-corrected chi connectivity index (χ2v) is 5.12. The summed E-state index contributed by atoms with van der Waals surface area (Å²) < 4.78 is 0. The summed E-state index contributed by atoms with van der Waals surface area (Å²) >= 11 is 5.07. The Hall–Kier alpha value is -2.40. The predicted octanol–water partition coefficient (Wildman–Crippen LogP) is 3.20. The molecule has 0 unspecified atom stereocenters. The summed E-state index contributed by atoms with van der Waals surface area (Å²) in [5, 5.41) is 15.2. The first-order valence-electron chi connectivity index (χ1n) is 6.44. The lowest BCUT2D eigenvalue weighted by atomic mass is 10.0. The van der Waals surface area contributed by atoms with Gasteiger partial charge in [0.15, 0.2) is 5.11 Å². The molecule has 0 heterocycles. The normalized spacial score (nSPS) is 10.0. The second-order valence-electron chi connectivity index (χ2n) is 4.71. The van der Waals surface area contributed by atoms with Crippen molar-refractivity contribution in [3.63, 3.8) is 0 Å². The zero-order chi connectivity index (χ0) is 15.4. The van der Waals surface area contributed by atoms with Gasteiger partial charge in [0.25, 0.3) is 0 Å². The molecular formula is C16H16N2O2S. The number of phenols is 1. The van der Waals surface area contributed by atoms with Gasteiger partial charge >= 0.3 is 0 Å². The van der Waals surface area contributed by atoms with Gasteiger partial charge in [0, 0.05) is 12.6 Å². The van der Waals surface area contributed by atoms with Crippen LogP contribution in [0.3, 0.4) is 0 Å². The molecule has 21 heavy (non-hydrogen) atoms. The first-order chi connectivity index (χ1) is 9.95. The van der Waals surface area contributed by atoms with Crippen LogP contribution in [0.25, 0.3) is 11.1 Å². The van der Waals surface area contributed by atoms with Crippen LogP contribution in [0.5, 0.6) is 5.75 Å². The molecule has 0 atom stereocenters. The Morgan fingerprint density at radius 2 is 1.71 bits per heavy atom. The number of rotatable bonds is 2. The van der Waals surface area contributed by atoms with Crippen molar-refractivity contribution in [3.8, 4) is 16.9 Å². The number of nitrogens with one attached hydrogen (secondary N) is 2. The van der Waals surface area contributed by atoms with E-state index in [0.717, 1.165) is 22.4 Å². The third-order valence-electron chi connectivity index (χ3n) is 2.98. The van der Waals surface area contributed by atoms with E-state index in [4.69, 9.17) is 12.2 Å². The average molecular weight is 300 g/mol. The summed E-state index contributed by atoms with van der Waals surface area (Å²) in [4.78, 5) is 11.0. The van der Waals surface area contributed by atoms with Gasteiger partial charge < -0.3 is 15.7 Å². The molecule has 2 aromatic rings. The van der Waals surface area contributed by atoms with Crippen molar-refractivity contribution in [1.82, 2.24) is 5.32 Å². The second kappa shape index (κ2) is 6.37. The minimum atomic E-state index is -0.208. The maximum Gasteiger partial charge on any atom is 0.222 e. The number of thiocarbonyl (C=S) groups is 1. The highest BCUT2D eigenvalue weighted by molar-refractivity contribution is 7.80. The average Bonchev–Trinajstić information content (AvgIpc) is 2.41. The highest BCUT2D eigenvalue weighted by Gasteiger charge is 2.05. The van der Waals surface area contributed by atoms with Crippen LogP contribution in [0.4, 0.5) is 5.69 Å². The minimum Gasteiger partial charge on any atom is -0.508 e. The highest BCUT2D eigenvalue weighted by atomic mass is 32.1. The van der Waals surface area contributed by atoms with Gasteiger partial charge in [-0.3, -0.25) is 4.79 Å². The van der Waals surface area contributed by atoms with Crippen molar-refractivity contribution in [1.29, 1.82) is 0 Å². The molecule has 0 aliphatic rings. The van der Waals surface area contributed by atoms with Gasteiger partial charge in [0.05, 0.1) is 0 Å². The Kier molecular flexibility index (Phi) is 4.55. The van der Waals surface area contributed by atoms with E-state index >= 15 is 0 Å². The summed E-state index contributed by atoms with van der Waals surface area (Å²) in [5.74, 6) is 0.0240. The zero-order valence-corrected chi connectivity index (χ0v) is 12.6. The maximum absolute atomic E-state index is 11.0. The van der Waals surface area contributed by atoms with Gasteiger partial charge in [0.2, 0.25) is 5.91 Å². The standard InChI is InChI=1S/C16H16N2O2S/c1-10-3-4-13(12-5-7-14(20)8-6-12)9-15(10)18-16(21)17-11(2)19/h3-9,20H,1-2H3,(H2,17,18,19,21). The Morgan fingerprint density at radius 3 is 2.33 bits per heavy atom. The van der Waals surface area contributed by atoms with Gasteiger partial charge in [-0.2, -0.15) is 0 Å². The topological polar surface area (TPSA) is 61.4 Å². The lowest BCUT2D eigenvalue weighted by Crippen LogP contribution is -2.32. The van der Waals surface area contributed by atoms with Crippen LogP contribution in [0.1, 0.15) is 12.5 Å². The lowest BCUT2D eigenvalue weighted by molar-refractivity contribution is -0.117. The predicted molar refractivity (Wildman–Crippen MR) is 88.3 cm³/mol. The van der Waals surface area contributed by atoms with E-state index in [1.165, 1.54) is 6.92 Å². The summed E-state index contributed by atoms with van der Waals surface area (Å²) in [7, 11) is 0. The van der Waals surface area contributed by atoms with Crippen molar-refractivity contribution in [2.75, 3.05) is 5.32 Å². The molecule has 0 aliphatic carbocycles. The van der Waals surface area contributed by atoms with Crippen molar-refractivity contribution in [2.24, 2.45) is 0 Å². The van der Waals surface area contributed by atoms with Crippen LogP contribution in [0, 0.1) is 6.92 Å². The number of aryl methyl sites for hydroxylation is 1. The molecule has 0 aliphatic heterocycles. The van der Waals surface area contributed by atoms with Gasteiger partial charge in [-0.1, -0.05) is 24.3 Å². The number of hydrogen-bond acceptors (Lipinski definition) is 3. The molecule has 108 valence electrons. The number of hydrogen-bond donors (Lipinski definition) is 3. The Morgan fingerprint density at radius 1 is 1.10 bits per heavy atom. The summed E-state index contributed by atoms with van der Waals surface area (Å²) in [6.07, 6.45) is 0. The molecule has 1 amide bonds. The summed E-state index contributed by atoms with van der Waals surface area (Å²) in [6, 6.07) is 12.9. The maximum atomic E-state index is 11.0. The molecule has 0 saturated heterocycles. The molecule has 0 saturated carbocycles. The van der Waals surface area contributed by atoms with Gasteiger partial charge in [0.1, 0.15) is 5.75 Å². The number of benzene rings is 2. The van der Waals surface area contributed by atoms with Gasteiger partial charge in [-0.05, 0) is 54.0 Å². The summed E-state index contributed by atoms with van der Waals surface area (Å²) in [5.41, 5.74) is 3.83. The van der Waals surface area contributed by atoms with E-state index in [0.29, 0.717) is 0 Å². The first kappa shape index (κ1) is 15.0. The molecule has 0 fully saturated rings. The van der Waals surface area contributed by atoms with Crippen molar-refractivity contribution in [2.45, 2.75) is 13.8 Å². The molecule has 2 rings (SSSR count). The fourth-order valence-corrected chi connectivity index (χ4v) is 2.16. The first-order valence-corrected chi connectivity index (χ1v) is 6.85. The van der Waals surface area contributed by atoms with E-state index in [2.05, 4.69) is 10.6 Å². The van der Waals surface area contributed by atoms with Crippen LogP contribution in [0.15, 0.2) is 42.5 Å². The molecule has 0 aromatic heterocycles. The van der Waals surface area contributed by atoms with Crippen LogP contribution >= 0.6 is 12.2 Å². The lowest BCUT2D eigenvalue weighted by Gasteiger charge is -2.12. The third kappa shape index (κ3) is 4.03. The van der Waals surface area contributed by atoms with Crippen LogP contribution in [0.2, 0.25) is 0 Å². The third-order valence-corrected chi connectivity index (χ3v) is 3.18. The molecule has 5 heteroatoms. The Bertz CT molecular complexity index is 681. The van der Waals surface area contributed by atoms with E-state index in [1.807, 2.05) is 37.3 Å². The molecule has 2 aromatic carbocycles. The van der Waals surface area contributed by atoms with Crippen molar-refractivity contribution in [3.05, 3.63) is 48.0 Å². The fraction of sp³-hybridized carbons (Fsp3) is 0.125. The zero-order valence-electron chi connectivity index (χ0n) is 11.8. The SMILES string of the molecule is CC(=O)NC(=S)Nc1cc(-c2ccc(O)cc2)ccc1C. The van der Waals surface area contributed by atoms with Crippen LogP contribution < -0.4 is 10.6 Å². The van der Waals surface area contributed by atoms with Crippen molar-refractivity contribution < 1.29 is 9.90 Å². The van der Waals surface area contributed by atoms with Crippen LogP contribution in [-0.2, 0) is 4.79 Å². The monoisotopic (exact) mass is 300 g/mol. The Labute approximate surface area is 128 Å². The molecule has 0 bridgehead atoms. The molecule has 4 nitrogen and oxygen atoms in total. The Balaban J connectivity index is 2.26. The smallest absolute Gasteiger partial charge is 0.222 e. The van der Waals surface area contributed by atoms with Gasteiger partial charge in [-0.25, -0.2) is 0 Å². The summed E-state index contributed by atoms with van der Waals surface area (Å²) in [6.45, 7) is 3.37. The number of phenolic OH excluding ortho intramolecular Hbond substituents is 1. The molecule has 0 radical (unpaired) electrons. The number of anilines is 1. The number of aromatic hydroxyl groups is 1. The minimum absolute atomic E-state index is 0.208. The quantitative estimate of drug-likeness (QED) is 0.745.